The Labute approximate surface area is 153 Å². The molecule has 0 saturated heterocycles. The predicted molar refractivity (Wildman–Crippen MR) is 97.0 cm³/mol. The third-order valence-corrected chi connectivity index (χ3v) is 4.29. The molecule has 0 fully saturated rings. The van der Waals surface area contributed by atoms with Gasteiger partial charge < -0.3 is 9.64 Å². The first-order valence-electron chi connectivity index (χ1n) is 8.45. The molecule has 4 nitrogen and oxygen atoms in total. The van der Waals surface area contributed by atoms with Gasteiger partial charge in [0.25, 0.3) is 0 Å². The maximum atomic E-state index is 13.0. The van der Waals surface area contributed by atoms with E-state index < -0.39 is 0 Å². The van der Waals surface area contributed by atoms with Crippen LogP contribution in [0, 0.1) is 11.6 Å². The number of benzene rings is 2. The molecule has 0 radical (unpaired) electrons. The standard InChI is InChI=1S/C20H24F2N2O2/c1-15(16-4-6-17(21)7-5-16)24(3)20(25)14-23(2)12-13-26-19-10-8-18(22)9-11-19/h4-11,15H,12-14H2,1-3H3. The minimum Gasteiger partial charge on any atom is -0.492 e. The molecule has 1 unspecified atom stereocenters. The van der Waals surface area contributed by atoms with Gasteiger partial charge in [0, 0.05) is 13.6 Å². The zero-order valence-corrected chi connectivity index (χ0v) is 15.3. The lowest BCUT2D eigenvalue weighted by atomic mass is 10.1. The third kappa shape index (κ3) is 5.81. The largest absolute Gasteiger partial charge is 0.492 e. The van der Waals surface area contributed by atoms with Gasteiger partial charge in [-0.05, 0) is 55.9 Å². The Morgan fingerprint density at radius 2 is 1.54 bits per heavy atom. The highest BCUT2D eigenvalue weighted by Crippen LogP contribution is 2.19. The number of likely N-dealkylation sites (N-methyl/N-ethyl adjacent to an activating group) is 2. The number of carbonyl (C=O) groups is 1. The lowest BCUT2D eigenvalue weighted by Crippen LogP contribution is -2.39. The second-order valence-corrected chi connectivity index (χ2v) is 6.27. The monoisotopic (exact) mass is 362 g/mol. The summed E-state index contributed by atoms with van der Waals surface area (Å²) in [7, 11) is 3.57. The smallest absolute Gasteiger partial charge is 0.236 e. The Bertz CT molecular complexity index is 705. The molecule has 0 spiro atoms. The van der Waals surface area contributed by atoms with Crippen LogP contribution < -0.4 is 4.74 Å². The molecule has 26 heavy (non-hydrogen) atoms. The van der Waals surface area contributed by atoms with Crippen LogP contribution in [0.3, 0.4) is 0 Å². The Morgan fingerprint density at radius 1 is 1.00 bits per heavy atom. The fourth-order valence-corrected chi connectivity index (χ4v) is 2.45. The average Bonchev–Trinajstić information content (AvgIpc) is 2.62. The minimum atomic E-state index is -0.307. The number of hydrogen-bond acceptors (Lipinski definition) is 3. The van der Waals surface area contributed by atoms with Gasteiger partial charge in [-0.2, -0.15) is 0 Å². The molecule has 0 bridgehead atoms. The molecule has 1 atom stereocenters. The third-order valence-electron chi connectivity index (χ3n) is 4.29. The minimum absolute atomic E-state index is 0.0360. The van der Waals surface area contributed by atoms with Crippen molar-refractivity contribution in [2.75, 3.05) is 33.8 Å². The zero-order chi connectivity index (χ0) is 19.1. The number of hydrogen-bond donors (Lipinski definition) is 0. The lowest BCUT2D eigenvalue weighted by molar-refractivity contribution is -0.132. The normalized spacial score (nSPS) is 12.1. The number of amides is 1. The summed E-state index contributed by atoms with van der Waals surface area (Å²) in [6.45, 7) is 3.10. The van der Waals surface area contributed by atoms with E-state index in [9.17, 15) is 13.6 Å². The van der Waals surface area contributed by atoms with Gasteiger partial charge in [-0.15, -0.1) is 0 Å². The fourth-order valence-electron chi connectivity index (χ4n) is 2.45. The predicted octanol–water partition coefficient (Wildman–Crippen LogP) is 3.50. The van der Waals surface area contributed by atoms with Crippen LogP contribution in [0.15, 0.2) is 48.5 Å². The lowest BCUT2D eigenvalue weighted by Gasteiger charge is -2.27. The Balaban J connectivity index is 1.78. The van der Waals surface area contributed by atoms with Gasteiger partial charge in [0.05, 0.1) is 12.6 Å². The van der Waals surface area contributed by atoms with Gasteiger partial charge in [0.1, 0.15) is 24.0 Å². The van der Waals surface area contributed by atoms with Crippen LogP contribution >= 0.6 is 0 Å². The maximum absolute atomic E-state index is 13.0. The second-order valence-electron chi connectivity index (χ2n) is 6.27. The van der Waals surface area contributed by atoms with Gasteiger partial charge in [-0.1, -0.05) is 12.1 Å². The van der Waals surface area contributed by atoms with Crippen molar-refractivity contribution in [2.24, 2.45) is 0 Å². The highest BCUT2D eigenvalue weighted by atomic mass is 19.1. The van der Waals surface area contributed by atoms with E-state index in [1.54, 1.807) is 36.2 Å². The molecular formula is C20H24F2N2O2. The highest BCUT2D eigenvalue weighted by molar-refractivity contribution is 5.78. The molecule has 2 aromatic rings. The van der Waals surface area contributed by atoms with Gasteiger partial charge in [0.2, 0.25) is 5.91 Å². The van der Waals surface area contributed by atoms with E-state index in [0.717, 1.165) is 5.56 Å². The molecule has 6 heteroatoms. The molecule has 0 aliphatic heterocycles. The van der Waals surface area contributed by atoms with Crippen molar-refractivity contribution in [2.45, 2.75) is 13.0 Å². The summed E-state index contributed by atoms with van der Waals surface area (Å²) in [6, 6.07) is 11.8. The summed E-state index contributed by atoms with van der Waals surface area (Å²) in [5.41, 5.74) is 0.879. The molecule has 2 rings (SSSR count). The molecule has 0 saturated carbocycles. The van der Waals surface area contributed by atoms with E-state index in [4.69, 9.17) is 4.74 Å². The number of ether oxygens (including phenoxy) is 1. The van der Waals surface area contributed by atoms with Crippen LogP contribution in [0.1, 0.15) is 18.5 Å². The van der Waals surface area contributed by atoms with Crippen molar-refractivity contribution >= 4 is 5.91 Å². The molecule has 0 heterocycles. The van der Waals surface area contributed by atoms with E-state index in [-0.39, 0.29) is 30.1 Å². The van der Waals surface area contributed by atoms with Crippen LogP contribution in [0.25, 0.3) is 0 Å². The van der Waals surface area contributed by atoms with Crippen molar-refractivity contribution in [3.63, 3.8) is 0 Å². The quantitative estimate of drug-likeness (QED) is 0.721. The van der Waals surface area contributed by atoms with Crippen LogP contribution in [0.4, 0.5) is 8.78 Å². The highest BCUT2D eigenvalue weighted by Gasteiger charge is 2.18. The Hall–Kier alpha value is -2.47. The SMILES string of the molecule is CC(c1ccc(F)cc1)N(C)C(=O)CN(C)CCOc1ccc(F)cc1. The van der Waals surface area contributed by atoms with E-state index in [1.807, 2.05) is 18.9 Å². The molecule has 140 valence electrons. The fraction of sp³-hybridized carbons (Fsp3) is 0.350. The van der Waals surface area contributed by atoms with E-state index in [0.29, 0.717) is 18.9 Å². The molecule has 0 N–H and O–H groups in total. The average molecular weight is 362 g/mol. The van der Waals surface area contributed by atoms with Crippen LogP contribution in [0.5, 0.6) is 5.75 Å². The summed E-state index contributed by atoms with van der Waals surface area (Å²) in [6.07, 6.45) is 0. The summed E-state index contributed by atoms with van der Waals surface area (Å²) >= 11 is 0. The number of nitrogens with zero attached hydrogens (tertiary/aromatic N) is 2. The first-order valence-corrected chi connectivity index (χ1v) is 8.45. The summed E-state index contributed by atoms with van der Waals surface area (Å²) in [4.78, 5) is 15.9. The summed E-state index contributed by atoms with van der Waals surface area (Å²) < 4.78 is 31.4. The number of rotatable bonds is 8. The molecule has 1 amide bonds. The zero-order valence-electron chi connectivity index (χ0n) is 15.3. The van der Waals surface area contributed by atoms with Gasteiger partial charge >= 0.3 is 0 Å². The van der Waals surface area contributed by atoms with Crippen molar-refractivity contribution in [1.29, 1.82) is 0 Å². The summed E-state index contributed by atoms with van der Waals surface area (Å²) in [5.74, 6) is -0.0477. The van der Waals surface area contributed by atoms with Crippen LogP contribution in [-0.2, 0) is 4.79 Å². The molecule has 2 aromatic carbocycles. The first-order chi connectivity index (χ1) is 12.4. The molecule has 0 aromatic heterocycles. The Morgan fingerprint density at radius 3 is 2.12 bits per heavy atom. The number of halogens is 2. The van der Waals surface area contributed by atoms with Crippen LogP contribution in [-0.4, -0.2) is 49.5 Å². The van der Waals surface area contributed by atoms with Crippen molar-refractivity contribution in [1.82, 2.24) is 9.80 Å². The van der Waals surface area contributed by atoms with Crippen molar-refractivity contribution in [3.05, 3.63) is 65.7 Å². The summed E-state index contributed by atoms with van der Waals surface area (Å²) in [5, 5.41) is 0. The molecular weight excluding hydrogens is 338 g/mol. The van der Waals surface area contributed by atoms with E-state index in [1.165, 1.54) is 24.3 Å². The van der Waals surface area contributed by atoms with Crippen molar-refractivity contribution < 1.29 is 18.3 Å². The topological polar surface area (TPSA) is 32.8 Å². The second kappa shape index (κ2) is 9.29. The molecule has 0 aliphatic rings. The maximum Gasteiger partial charge on any atom is 0.236 e. The van der Waals surface area contributed by atoms with Gasteiger partial charge in [-0.25, -0.2) is 8.78 Å². The molecule has 0 aliphatic carbocycles. The van der Waals surface area contributed by atoms with Crippen molar-refractivity contribution in [3.8, 4) is 5.75 Å². The van der Waals surface area contributed by atoms with E-state index in [2.05, 4.69) is 0 Å². The first kappa shape index (κ1) is 19.8. The Kier molecular flexibility index (Phi) is 7.09. The van der Waals surface area contributed by atoms with Gasteiger partial charge in [0.15, 0.2) is 0 Å². The van der Waals surface area contributed by atoms with Gasteiger partial charge in [-0.3, -0.25) is 9.69 Å². The van der Waals surface area contributed by atoms with E-state index >= 15 is 0 Å². The van der Waals surface area contributed by atoms with Crippen LogP contribution in [0.2, 0.25) is 0 Å². The number of carbonyl (C=O) groups excluding carboxylic acids is 1.